The van der Waals surface area contributed by atoms with Crippen LogP contribution in [0.3, 0.4) is 0 Å². The maximum absolute atomic E-state index is 13.7. The fourth-order valence-electron chi connectivity index (χ4n) is 4.86. The molecular weight excluding hydrogens is 461 g/mol. The summed E-state index contributed by atoms with van der Waals surface area (Å²) in [5.74, 6) is -1.26. The number of hydrogen-bond donors (Lipinski definition) is 1. The van der Waals surface area contributed by atoms with E-state index in [9.17, 15) is 18.8 Å². The second kappa shape index (κ2) is 10.3. The molecule has 0 saturated carbocycles. The largest absolute Gasteiger partial charge is 0.353 e. The Bertz CT molecular complexity index is 1290. The van der Waals surface area contributed by atoms with Crippen LogP contribution in [0.25, 0.3) is 0 Å². The first-order valence-electron chi connectivity index (χ1n) is 12.2. The Balaban J connectivity index is 1.40. The third-order valence-corrected chi connectivity index (χ3v) is 6.70. The lowest BCUT2D eigenvalue weighted by Gasteiger charge is -2.29. The number of carbonyl (C=O) groups is 3. The zero-order chi connectivity index (χ0) is 25.1. The fourth-order valence-corrected chi connectivity index (χ4v) is 4.86. The van der Waals surface area contributed by atoms with Crippen molar-refractivity contribution < 1.29 is 18.8 Å². The van der Waals surface area contributed by atoms with Gasteiger partial charge in [-0.15, -0.1) is 0 Å². The van der Waals surface area contributed by atoms with E-state index in [0.29, 0.717) is 38.2 Å². The quantitative estimate of drug-likeness (QED) is 0.576. The van der Waals surface area contributed by atoms with Crippen molar-refractivity contribution in [1.29, 1.82) is 0 Å². The topological polar surface area (TPSA) is 87.5 Å². The number of piperazine rings is 1. The molecule has 0 bridgehead atoms. The molecule has 0 aliphatic carbocycles. The second-order valence-electron chi connectivity index (χ2n) is 9.15. The highest BCUT2D eigenvalue weighted by Gasteiger charge is 2.33. The van der Waals surface area contributed by atoms with Crippen LogP contribution in [-0.4, -0.2) is 63.5 Å². The minimum atomic E-state index is -0.468. The van der Waals surface area contributed by atoms with Crippen LogP contribution >= 0.6 is 0 Å². The van der Waals surface area contributed by atoms with Gasteiger partial charge in [-0.3, -0.25) is 19.1 Å². The Morgan fingerprint density at radius 3 is 2.56 bits per heavy atom. The van der Waals surface area contributed by atoms with Crippen LogP contribution in [0.2, 0.25) is 0 Å². The Labute approximate surface area is 208 Å². The second-order valence-corrected chi connectivity index (χ2v) is 9.15. The smallest absolute Gasteiger partial charge is 0.275 e. The van der Waals surface area contributed by atoms with Crippen molar-refractivity contribution in [1.82, 2.24) is 24.9 Å². The zero-order valence-electron chi connectivity index (χ0n) is 20.0. The predicted molar refractivity (Wildman–Crippen MR) is 131 cm³/mol. The van der Waals surface area contributed by atoms with Gasteiger partial charge in [0.05, 0.1) is 13.1 Å². The number of benzene rings is 2. The molecule has 0 radical (unpaired) electrons. The normalized spacial score (nSPS) is 15.4. The van der Waals surface area contributed by atoms with Crippen molar-refractivity contribution in [2.75, 3.05) is 26.2 Å². The first kappa shape index (κ1) is 23.7. The number of rotatable bonds is 6. The Morgan fingerprint density at radius 2 is 1.78 bits per heavy atom. The molecule has 0 spiro atoms. The van der Waals surface area contributed by atoms with E-state index < -0.39 is 5.82 Å². The van der Waals surface area contributed by atoms with Gasteiger partial charge in [0.15, 0.2) is 5.69 Å². The van der Waals surface area contributed by atoms with Crippen LogP contribution in [0, 0.1) is 5.82 Å². The molecule has 3 aromatic rings. The molecular formula is C27H28FN5O3. The Hall–Kier alpha value is -4.01. The van der Waals surface area contributed by atoms with Gasteiger partial charge in [0.2, 0.25) is 5.91 Å². The van der Waals surface area contributed by atoms with Gasteiger partial charge in [0.1, 0.15) is 5.82 Å². The number of fused-ring (bicyclic) bond motifs is 1. The van der Waals surface area contributed by atoms with Crippen LogP contribution in [0.15, 0.2) is 54.6 Å². The van der Waals surface area contributed by atoms with Gasteiger partial charge in [-0.2, -0.15) is 5.10 Å². The molecule has 0 atom stereocenters. The molecule has 1 aromatic heterocycles. The first-order chi connectivity index (χ1) is 17.5. The van der Waals surface area contributed by atoms with E-state index in [4.69, 9.17) is 5.10 Å². The maximum Gasteiger partial charge on any atom is 0.275 e. The summed E-state index contributed by atoms with van der Waals surface area (Å²) in [5.41, 5.74) is 3.45. The van der Waals surface area contributed by atoms with Gasteiger partial charge in [0, 0.05) is 49.4 Å². The summed E-state index contributed by atoms with van der Waals surface area (Å²) >= 11 is 0. The molecule has 2 aromatic carbocycles. The van der Waals surface area contributed by atoms with Crippen molar-refractivity contribution in [3.05, 3.63) is 88.5 Å². The fraction of sp³-hybridized carbons (Fsp3) is 0.333. The summed E-state index contributed by atoms with van der Waals surface area (Å²) in [5, 5.41) is 7.43. The first-order valence-corrected chi connectivity index (χ1v) is 12.2. The third kappa shape index (κ3) is 5.00. The van der Waals surface area contributed by atoms with Crippen LogP contribution in [0.1, 0.15) is 44.1 Å². The lowest BCUT2D eigenvalue weighted by Crippen LogP contribution is -2.50. The Morgan fingerprint density at radius 1 is 0.972 bits per heavy atom. The highest BCUT2D eigenvalue weighted by Crippen LogP contribution is 2.26. The molecule has 1 saturated heterocycles. The van der Waals surface area contributed by atoms with E-state index in [1.165, 1.54) is 28.7 Å². The number of nitrogens with zero attached hydrogens (tertiary/aromatic N) is 4. The number of amides is 3. The van der Waals surface area contributed by atoms with Gasteiger partial charge in [-0.25, -0.2) is 4.39 Å². The summed E-state index contributed by atoms with van der Waals surface area (Å²) in [6.07, 6.45) is 2.28. The van der Waals surface area contributed by atoms with E-state index in [2.05, 4.69) is 17.4 Å². The van der Waals surface area contributed by atoms with Crippen molar-refractivity contribution in [3.8, 4) is 0 Å². The van der Waals surface area contributed by atoms with Crippen molar-refractivity contribution in [2.24, 2.45) is 0 Å². The highest BCUT2D eigenvalue weighted by atomic mass is 19.1. The van der Waals surface area contributed by atoms with E-state index in [1.807, 2.05) is 22.9 Å². The summed E-state index contributed by atoms with van der Waals surface area (Å²) in [6.45, 7) is 2.10. The van der Waals surface area contributed by atoms with Gasteiger partial charge in [-0.1, -0.05) is 36.4 Å². The molecule has 0 unspecified atom stereocenters. The van der Waals surface area contributed by atoms with Crippen LogP contribution in [-0.2, 0) is 30.7 Å². The summed E-state index contributed by atoms with van der Waals surface area (Å²) < 4.78 is 15.6. The summed E-state index contributed by atoms with van der Waals surface area (Å²) in [4.78, 5) is 41.6. The number of aryl methyl sites for hydroxylation is 2. The van der Waals surface area contributed by atoms with Gasteiger partial charge in [-0.05, 0) is 36.6 Å². The molecule has 1 N–H and O–H groups in total. The van der Waals surface area contributed by atoms with Crippen LogP contribution < -0.4 is 5.32 Å². The van der Waals surface area contributed by atoms with E-state index in [1.54, 1.807) is 11.0 Å². The molecule has 1 fully saturated rings. The number of hydrogen-bond acceptors (Lipinski definition) is 4. The molecule has 5 rings (SSSR count). The van der Waals surface area contributed by atoms with Gasteiger partial charge >= 0.3 is 0 Å². The molecule has 3 amide bonds. The highest BCUT2D eigenvalue weighted by molar-refractivity contribution is 5.98. The predicted octanol–water partition coefficient (Wildman–Crippen LogP) is 2.43. The van der Waals surface area contributed by atoms with Crippen LogP contribution in [0.5, 0.6) is 0 Å². The number of halogens is 1. The maximum atomic E-state index is 13.7. The van der Waals surface area contributed by atoms with Crippen LogP contribution in [0.4, 0.5) is 4.39 Å². The third-order valence-electron chi connectivity index (χ3n) is 6.70. The minimum absolute atomic E-state index is 0.0135. The van der Waals surface area contributed by atoms with Crippen molar-refractivity contribution >= 4 is 17.7 Å². The number of carbonyl (C=O) groups excluding carboxylic acids is 3. The van der Waals surface area contributed by atoms with Crippen molar-refractivity contribution in [2.45, 2.75) is 32.4 Å². The Kier molecular flexibility index (Phi) is 6.79. The average molecular weight is 490 g/mol. The minimum Gasteiger partial charge on any atom is -0.353 e. The molecule has 9 heteroatoms. The monoisotopic (exact) mass is 489 g/mol. The molecule has 186 valence electrons. The van der Waals surface area contributed by atoms with E-state index in [0.717, 1.165) is 18.5 Å². The standard InChI is InChI=1S/C27H28FN5O3/c28-21-10-4-9-20(16-21)26(35)31-14-11-23-22(17-31)25(27(36)32-15-12-29-24(34)18-32)30-33(23)13-5-8-19-6-2-1-3-7-19/h1-4,6-7,9-10,16H,5,8,11-15,17-18H2,(H,29,34). The van der Waals surface area contributed by atoms with E-state index in [-0.39, 0.29) is 42.1 Å². The number of nitrogens with one attached hydrogen (secondary N) is 1. The molecule has 2 aliphatic heterocycles. The van der Waals surface area contributed by atoms with Gasteiger partial charge < -0.3 is 15.1 Å². The molecule has 36 heavy (non-hydrogen) atoms. The average Bonchev–Trinajstić information content (AvgIpc) is 3.26. The van der Waals surface area contributed by atoms with Crippen molar-refractivity contribution in [3.63, 3.8) is 0 Å². The SMILES string of the molecule is O=C1CN(C(=O)c2nn(CCCc3ccccc3)c3c2CN(C(=O)c2cccc(F)c2)CC3)CCN1. The lowest BCUT2D eigenvalue weighted by atomic mass is 10.0. The number of aromatic nitrogens is 2. The molecule has 3 heterocycles. The lowest BCUT2D eigenvalue weighted by molar-refractivity contribution is -0.123. The molecule has 8 nitrogen and oxygen atoms in total. The summed E-state index contributed by atoms with van der Waals surface area (Å²) in [7, 11) is 0. The van der Waals surface area contributed by atoms with E-state index >= 15 is 0 Å². The molecule has 2 aliphatic rings. The summed E-state index contributed by atoms with van der Waals surface area (Å²) in [6, 6.07) is 15.8. The van der Waals surface area contributed by atoms with Gasteiger partial charge in [0.25, 0.3) is 11.8 Å². The zero-order valence-corrected chi connectivity index (χ0v) is 20.0.